The minimum absolute atomic E-state index is 0.196. The summed E-state index contributed by atoms with van der Waals surface area (Å²) in [4.78, 5) is 50.3. The van der Waals surface area contributed by atoms with Gasteiger partial charge in [0.2, 0.25) is 0 Å². The Labute approximate surface area is 205 Å². The summed E-state index contributed by atoms with van der Waals surface area (Å²) >= 11 is 6.14. The quantitative estimate of drug-likeness (QED) is 0.313. The van der Waals surface area contributed by atoms with Gasteiger partial charge in [-0.15, -0.1) is 0 Å². The van der Waals surface area contributed by atoms with Crippen LogP contribution in [0.5, 0.6) is 5.75 Å². The van der Waals surface area contributed by atoms with Crippen molar-refractivity contribution in [1.29, 1.82) is 0 Å². The Morgan fingerprint density at radius 3 is 2.31 bits per heavy atom. The highest BCUT2D eigenvalue weighted by Gasteiger charge is 2.36. The standard InChI is InChI=1S/C26H19ClN2O6/c1-34-25(32)17-8-10-19(11-9-17)29-24(31)21(23(30)28-26(29)33)14-16-6-12-20(13-7-16)35-15-18-4-2-3-5-22(18)27/h2-14H,15H2,1H3,(H,28,30,33)/b21-14+. The molecule has 0 saturated carbocycles. The van der Waals surface area contributed by atoms with Crippen LogP contribution in [0.4, 0.5) is 10.5 Å². The number of nitrogens with zero attached hydrogens (tertiary/aromatic N) is 1. The predicted molar refractivity (Wildman–Crippen MR) is 129 cm³/mol. The van der Waals surface area contributed by atoms with Crippen molar-refractivity contribution in [2.75, 3.05) is 12.0 Å². The van der Waals surface area contributed by atoms with Crippen molar-refractivity contribution in [3.05, 3.63) is 100 Å². The summed E-state index contributed by atoms with van der Waals surface area (Å²) in [6.45, 7) is 0.285. The minimum Gasteiger partial charge on any atom is -0.489 e. The van der Waals surface area contributed by atoms with Gasteiger partial charge in [0.15, 0.2) is 0 Å². The number of methoxy groups -OCH3 is 1. The van der Waals surface area contributed by atoms with Gasteiger partial charge in [0.25, 0.3) is 11.8 Å². The maximum atomic E-state index is 13.0. The molecule has 35 heavy (non-hydrogen) atoms. The van der Waals surface area contributed by atoms with Crippen LogP contribution in [0.3, 0.4) is 0 Å². The van der Waals surface area contributed by atoms with Crippen LogP contribution in [0.15, 0.2) is 78.4 Å². The van der Waals surface area contributed by atoms with Crippen LogP contribution < -0.4 is 15.0 Å². The lowest BCUT2D eigenvalue weighted by Gasteiger charge is -2.26. The number of carbonyl (C=O) groups is 4. The molecule has 9 heteroatoms. The van der Waals surface area contributed by atoms with Gasteiger partial charge >= 0.3 is 12.0 Å². The van der Waals surface area contributed by atoms with E-state index in [-0.39, 0.29) is 23.4 Å². The smallest absolute Gasteiger partial charge is 0.337 e. The fraction of sp³-hybridized carbons (Fsp3) is 0.0769. The number of nitrogens with one attached hydrogen (secondary N) is 1. The van der Waals surface area contributed by atoms with E-state index in [4.69, 9.17) is 16.3 Å². The molecule has 4 rings (SSSR count). The summed E-state index contributed by atoms with van der Waals surface area (Å²) in [5.74, 6) is -1.57. The molecule has 0 bridgehead atoms. The summed E-state index contributed by atoms with van der Waals surface area (Å²) in [6, 6.07) is 18.9. The minimum atomic E-state index is -0.883. The molecule has 0 radical (unpaired) electrons. The fourth-order valence-corrected chi connectivity index (χ4v) is 3.55. The molecule has 3 aromatic rings. The number of hydrogen-bond donors (Lipinski definition) is 1. The van der Waals surface area contributed by atoms with E-state index in [0.717, 1.165) is 10.5 Å². The number of ether oxygens (including phenoxy) is 2. The number of barbiturate groups is 1. The summed E-state index contributed by atoms with van der Waals surface area (Å²) in [6.07, 6.45) is 1.39. The predicted octanol–water partition coefficient (Wildman–Crippen LogP) is 4.37. The zero-order chi connectivity index (χ0) is 24.9. The number of benzene rings is 3. The molecule has 8 nitrogen and oxygen atoms in total. The van der Waals surface area contributed by atoms with E-state index in [9.17, 15) is 19.2 Å². The summed E-state index contributed by atoms with van der Waals surface area (Å²) < 4.78 is 10.4. The Balaban J connectivity index is 1.51. The average molecular weight is 491 g/mol. The molecule has 0 atom stereocenters. The molecule has 0 aliphatic carbocycles. The van der Waals surface area contributed by atoms with E-state index < -0.39 is 23.8 Å². The van der Waals surface area contributed by atoms with Gasteiger partial charge in [-0.05, 0) is 54.1 Å². The average Bonchev–Trinajstić information content (AvgIpc) is 2.86. The van der Waals surface area contributed by atoms with Crippen LogP contribution in [0.1, 0.15) is 21.5 Å². The van der Waals surface area contributed by atoms with Gasteiger partial charge in [-0.25, -0.2) is 14.5 Å². The lowest BCUT2D eigenvalue weighted by atomic mass is 10.1. The number of esters is 1. The van der Waals surface area contributed by atoms with Crippen molar-refractivity contribution in [2.24, 2.45) is 0 Å². The number of halogens is 1. The molecule has 1 fully saturated rings. The Bertz CT molecular complexity index is 1330. The molecule has 176 valence electrons. The van der Waals surface area contributed by atoms with Crippen LogP contribution >= 0.6 is 11.6 Å². The van der Waals surface area contributed by atoms with Gasteiger partial charge < -0.3 is 9.47 Å². The third-order valence-electron chi connectivity index (χ3n) is 5.19. The Kier molecular flexibility index (Phi) is 6.93. The van der Waals surface area contributed by atoms with Crippen molar-refractivity contribution in [2.45, 2.75) is 6.61 Å². The van der Waals surface area contributed by atoms with Crippen LogP contribution in [-0.2, 0) is 20.9 Å². The molecule has 0 unspecified atom stereocenters. The highest BCUT2D eigenvalue weighted by atomic mass is 35.5. The van der Waals surface area contributed by atoms with Gasteiger partial charge in [0, 0.05) is 10.6 Å². The van der Waals surface area contributed by atoms with Crippen LogP contribution in [0.2, 0.25) is 5.02 Å². The summed E-state index contributed by atoms with van der Waals surface area (Å²) in [7, 11) is 1.25. The second-order valence-electron chi connectivity index (χ2n) is 7.45. The third-order valence-corrected chi connectivity index (χ3v) is 5.56. The molecular formula is C26H19ClN2O6. The number of amides is 4. The number of carbonyl (C=O) groups excluding carboxylic acids is 4. The van der Waals surface area contributed by atoms with Gasteiger partial charge in [0.1, 0.15) is 17.9 Å². The number of rotatable bonds is 6. The topological polar surface area (TPSA) is 102 Å². The van der Waals surface area contributed by atoms with E-state index in [1.54, 1.807) is 30.3 Å². The SMILES string of the molecule is COC(=O)c1ccc(N2C(=O)NC(=O)/C(=C\c3ccc(OCc4ccccc4Cl)cc3)C2=O)cc1. The van der Waals surface area contributed by atoms with Gasteiger partial charge in [-0.2, -0.15) is 0 Å². The zero-order valence-electron chi connectivity index (χ0n) is 18.5. The first kappa shape index (κ1) is 23.7. The van der Waals surface area contributed by atoms with Gasteiger partial charge in [-0.3, -0.25) is 14.9 Å². The molecule has 4 amide bonds. The molecule has 0 aromatic heterocycles. The molecule has 1 aliphatic heterocycles. The van der Waals surface area contributed by atoms with E-state index in [1.165, 1.54) is 37.5 Å². The van der Waals surface area contributed by atoms with Crippen molar-refractivity contribution in [3.63, 3.8) is 0 Å². The first-order valence-corrected chi connectivity index (χ1v) is 10.8. The highest BCUT2D eigenvalue weighted by molar-refractivity contribution is 6.39. The summed E-state index contributed by atoms with van der Waals surface area (Å²) in [5, 5.41) is 2.77. The number of anilines is 1. The fourth-order valence-electron chi connectivity index (χ4n) is 3.36. The molecule has 3 aromatic carbocycles. The Hall–Kier alpha value is -4.43. The normalized spacial score (nSPS) is 14.6. The van der Waals surface area contributed by atoms with Crippen molar-refractivity contribution < 1.29 is 28.7 Å². The van der Waals surface area contributed by atoms with Crippen LogP contribution in [0.25, 0.3) is 6.08 Å². The second kappa shape index (κ2) is 10.2. The monoisotopic (exact) mass is 490 g/mol. The first-order chi connectivity index (χ1) is 16.9. The Morgan fingerprint density at radius 2 is 1.66 bits per heavy atom. The van der Waals surface area contributed by atoms with E-state index in [2.05, 4.69) is 10.1 Å². The maximum absolute atomic E-state index is 13.0. The Morgan fingerprint density at radius 1 is 0.971 bits per heavy atom. The number of hydrogen-bond acceptors (Lipinski definition) is 6. The van der Waals surface area contributed by atoms with E-state index >= 15 is 0 Å². The lowest BCUT2D eigenvalue weighted by molar-refractivity contribution is -0.122. The lowest BCUT2D eigenvalue weighted by Crippen LogP contribution is -2.54. The van der Waals surface area contributed by atoms with Crippen molar-refractivity contribution in [3.8, 4) is 5.75 Å². The van der Waals surface area contributed by atoms with E-state index in [1.807, 2.05) is 18.2 Å². The van der Waals surface area contributed by atoms with Crippen molar-refractivity contribution in [1.82, 2.24) is 5.32 Å². The van der Waals surface area contributed by atoms with E-state index in [0.29, 0.717) is 16.3 Å². The van der Waals surface area contributed by atoms with Crippen molar-refractivity contribution >= 4 is 47.2 Å². The second-order valence-corrected chi connectivity index (χ2v) is 7.85. The maximum Gasteiger partial charge on any atom is 0.337 e. The zero-order valence-corrected chi connectivity index (χ0v) is 19.2. The third kappa shape index (κ3) is 5.23. The molecule has 1 aliphatic rings. The summed E-state index contributed by atoms with van der Waals surface area (Å²) in [5.41, 5.74) is 1.64. The molecular weight excluding hydrogens is 472 g/mol. The van der Waals surface area contributed by atoms with Gasteiger partial charge in [0.05, 0.1) is 18.4 Å². The number of urea groups is 1. The molecule has 1 heterocycles. The number of imide groups is 2. The first-order valence-electron chi connectivity index (χ1n) is 10.4. The van der Waals surface area contributed by atoms with Crippen LogP contribution in [-0.4, -0.2) is 30.9 Å². The van der Waals surface area contributed by atoms with Gasteiger partial charge in [-0.1, -0.05) is 41.9 Å². The molecule has 1 saturated heterocycles. The highest BCUT2D eigenvalue weighted by Crippen LogP contribution is 2.24. The molecule has 1 N–H and O–H groups in total. The van der Waals surface area contributed by atoms with Crippen LogP contribution in [0, 0.1) is 0 Å². The largest absolute Gasteiger partial charge is 0.489 e. The molecule has 0 spiro atoms.